The molecule has 0 bridgehead atoms. The fourth-order valence-corrected chi connectivity index (χ4v) is 2.20. The normalized spacial score (nSPS) is 12.0. The summed E-state index contributed by atoms with van der Waals surface area (Å²) in [6, 6.07) is 0. The first-order valence-corrected chi connectivity index (χ1v) is 5.77. The molecule has 0 saturated heterocycles. The Morgan fingerprint density at radius 3 is 2.86 bits per heavy atom. The van der Waals surface area contributed by atoms with Crippen molar-refractivity contribution in [3.63, 3.8) is 0 Å². The molecule has 0 aliphatic heterocycles. The third kappa shape index (κ3) is 2.77. The highest BCUT2D eigenvalue weighted by Crippen LogP contribution is 2.27. The fraction of sp³-hybridized carbons (Fsp3) is 0.700. The number of rotatable bonds is 5. The Labute approximate surface area is 89.3 Å². The third-order valence-corrected chi connectivity index (χ3v) is 3.17. The first-order chi connectivity index (χ1) is 6.60. The molecule has 80 valence electrons. The van der Waals surface area contributed by atoms with Crippen LogP contribution < -0.4 is 5.73 Å². The van der Waals surface area contributed by atoms with E-state index in [-0.39, 0.29) is 5.60 Å². The van der Waals surface area contributed by atoms with Crippen LogP contribution in [0.2, 0.25) is 0 Å². The molecule has 1 heterocycles. The van der Waals surface area contributed by atoms with Gasteiger partial charge in [0.1, 0.15) is 10.6 Å². The smallest absolute Gasteiger partial charge is 0.124 e. The van der Waals surface area contributed by atoms with Crippen LogP contribution >= 0.6 is 11.3 Å². The summed E-state index contributed by atoms with van der Waals surface area (Å²) in [6.45, 7) is 7.44. The van der Waals surface area contributed by atoms with E-state index in [2.05, 4.69) is 10.4 Å². The van der Waals surface area contributed by atoms with E-state index < -0.39 is 0 Å². The molecule has 0 unspecified atom stereocenters. The van der Waals surface area contributed by atoms with Gasteiger partial charge in [-0.25, -0.2) is 4.98 Å². The Kier molecular flexibility index (Phi) is 4.04. The van der Waals surface area contributed by atoms with Gasteiger partial charge < -0.3 is 10.5 Å². The molecule has 0 amide bonds. The van der Waals surface area contributed by atoms with Crippen LogP contribution in [0.15, 0.2) is 5.38 Å². The second-order valence-electron chi connectivity index (χ2n) is 3.63. The molecule has 3 nitrogen and oxygen atoms in total. The first-order valence-electron chi connectivity index (χ1n) is 4.89. The van der Waals surface area contributed by atoms with Crippen molar-refractivity contribution in [2.24, 2.45) is 5.73 Å². The highest BCUT2D eigenvalue weighted by atomic mass is 32.1. The second-order valence-corrected chi connectivity index (χ2v) is 4.48. The van der Waals surface area contributed by atoms with Gasteiger partial charge in [0.05, 0.1) is 5.69 Å². The molecule has 0 aromatic carbocycles. The summed E-state index contributed by atoms with van der Waals surface area (Å²) >= 11 is 1.64. The van der Waals surface area contributed by atoms with Crippen LogP contribution in [-0.4, -0.2) is 18.1 Å². The van der Waals surface area contributed by atoms with Gasteiger partial charge in [0.15, 0.2) is 0 Å². The van der Waals surface area contributed by atoms with Crippen molar-refractivity contribution in [1.29, 1.82) is 0 Å². The largest absolute Gasteiger partial charge is 0.369 e. The molecule has 1 aromatic rings. The summed E-state index contributed by atoms with van der Waals surface area (Å²) in [5, 5.41) is 3.09. The van der Waals surface area contributed by atoms with Gasteiger partial charge >= 0.3 is 0 Å². The summed E-state index contributed by atoms with van der Waals surface area (Å²) in [5.74, 6) is 0. The second kappa shape index (κ2) is 4.87. The third-order valence-electron chi connectivity index (χ3n) is 1.97. The maximum atomic E-state index is 5.62. The maximum absolute atomic E-state index is 5.62. The lowest BCUT2D eigenvalue weighted by atomic mass is 10.1. The molecule has 0 atom stereocenters. The number of nitrogens with two attached hydrogens (primary N) is 1. The number of aromatic nitrogens is 1. The van der Waals surface area contributed by atoms with E-state index in [9.17, 15) is 0 Å². The number of nitrogens with zero attached hydrogens (tertiary/aromatic N) is 1. The van der Waals surface area contributed by atoms with E-state index in [0.29, 0.717) is 13.2 Å². The summed E-state index contributed by atoms with van der Waals surface area (Å²) in [6.07, 6.45) is 0.846. The van der Waals surface area contributed by atoms with Gasteiger partial charge in [-0.15, -0.1) is 11.3 Å². The first kappa shape index (κ1) is 11.6. The molecule has 1 aromatic heterocycles. The van der Waals surface area contributed by atoms with Crippen LogP contribution in [-0.2, 0) is 16.8 Å². The molecule has 14 heavy (non-hydrogen) atoms. The minimum Gasteiger partial charge on any atom is -0.369 e. The Hall–Kier alpha value is -0.450. The molecular formula is C10H18N2OS. The molecule has 1 rings (SSSR count). The summed E-state index contributed by atoms with van der Waals surface area (Å²) < 4.78 is 5.62. The average molecular weight is 214 g/mol. The van der Waals surface area contributed by atoms with E-state index in [1.807, 2.05) is 20.8 Å². The number of hydrogen-bond acceptors (Lipinski definition) is 4. The molecule has 4 heteroatoms. The monoisotopic (exact) mass is 214 g/mol. The lowest BCUT2D eigenvalue weighted by molar-refractivity contribution is -0.0142. The van der Waals surface area contributed by atoms with Crippen LogP contribution in [0.25, 0.3) is 0 Å². The predicted molar refractivity (Wildman–Crippen MR) is 59.5 cm³/mol. The Balaban J connectivity index is 2.74. The summed E-state index contributed by atoms with van der Waals surface area (Å²) in [5.41, 5.74) is 6.27. The highest BCUT2D eigenvalue weighted by molar-refractivity contribution is 7.09. The van der Waals surface area contributed by atoms with Gasteiger partial charge in [-0.05, 0) is 27.3 Å². The molecule has 0 aliphatic carbocycles. The zero-order chi connectivity index (χ0) is 10.6. The van der Waals surface area contributed by atoms with Crippen molar-refractivity contribution in [2.75, 3.05) is 13.2 Å². The van der Waals surface area contributed by atoms with Crippen LogP contribution in [0, 0.1) is 0 Å². The molecule has 0 fully saturated rings. The number of thiazole rings is 1. The van der Waals surface area contributed by atoms with Crippen molar-refractivity contribution in [2.45, 2.75) is 32.8 Å². The van der Waals surface area contributed by atoms with Gasteiger partial charge in [-0.3, -0.25) is 0 Å². The predicted octanol–water partition coefficient (Wildman–Crippen LogP) is 1.92. The van der Waals surface area contributed by atoms with E-state index in [1.165, 1.54) is 0 Å². The quantitative estimate of drug-likeness (QED) is 0.814. The van der Waals surface area contributed by atoms with Crippen LogP contribution in [0.1, 0.15) is 31.5 Å². The van der Waals surface area contributed by atoms with Crippen LogP contribution in [0.4, 0.5) is 0 Å². The Bertz CT molecular complexity index is 283. The molecular weight excluding hydrogens is 196 g/mol. The van der Waals surface area contributed by atoms with Crippen molar-refractivity contribution >= 4 is 11.3 Å². The molecule has 0 saturated carbocycles. The lowest BCUT2D eigenvalue weighted by Gasteiger charge is -2.21. The Morgan fingerprint density at radius 1 is 1.57 bits per heavy atom. The van der Waals surface area contributed by atoms with E-state index in [4.69, 9.17) is 10.5 Å². The van der Waals surface area contributed by atoms with Gasteiger partial charge in [-0.2, -0.15) is 0 Å². The van der Waals surface area contributed by atoms with Crippen LogP contribution in [0.5, 0.6) is 0 Å². The van der Waals surface area contributed by atoms with E-state index in [1.54, 1.807) is 11.3 Å². The van der Waals surface area contributed by atoms with Gasteiger partial charge in [0, 0.05) is 18.4 Å². The van der Waals surface area contributed by atoms with Gasteiger partial charge in [-0.1, -0.05) is 0 Å². The molecule has 0 aliphatic rings. The highest BCUT2D eigenvalue weighted by Gasteiger charge is 2.24. The minimum atomic E-state index is -0.272. The number of ether oxygens (including phenoxy) is 1. The van der Waals surface area contributed by atoms with Gasteiger partial charge in [0.25, 0.3) is 0 Å². The topological polar surface area (TPSA) is 48.1 Å². The molecule has 0 radical (unpaired) electrons. The van der Waals surface area contributed by atoms with E-state index >= 15 is 0 Å². The standard InChI is InChI=1S/C10H18N2OS/c1-4-13-10(2,3)9-12-8(5-6-11)7-14-9/h7H,4-6,11H2,1-3H3. The zero-order valence-electron chi connectivity index (χ0n) is 9.04. The molecule has 2 N–H and O–H groups in total. The zero-order valence-corrected chi connectivity index (χ0v) is 9.86. The van der Waals surface area contributed by atoms with Crippen LogP contribution in [0.3, 0.4) is 0 Å². The van der Waals surface area contributed by atoms with Crippen molar-refractivity contribution in [3.05, 3.63) is 16.1 Å². The number of hydrogen-bond donors (Lipinski definition) is 1. The average Bonchev–Trinajstić information content (AvgIpc) is 2.54. The van der Waals surface area contributed by atoms with Crippen molar-refractivity contribution in [3.8, 4) is 0 Å². The van der Waals surface area contributed by atoms with Gasteiger partial charge in [0.2, 0.25) is 0 Å². The summed E-state index contributed by atoms with van der Waals surface area (Å²) in [7, 11) is 0. The van der Waals surface area contributed by atoms with E-state index in [0.717, 1.165) is 17.1 Å². The Morgan fingerprint density at radius 2 is 2.29 bits per heavy atom. The maximum Gasteiger partial charge on any atom is 0.124 e. The minimum absolute atomic E-state index is 0.272. The van der Waals surface area contributed by atoms with Crippen molar-refractivity contribution in [1.82, 2.24) is 4.98 Å². The van der Waals surface area contributed by atoms with Crippen molar-refractivity contribution < 1.29 is 4.74 Å². The fourth-order valence-electron chi connectivity index (χ4n) is 1.27. The lowest BCUT2D eigenvalue weighted by Crippen LogP contribution is -2.21. The molecule has 0 spiro atoms. The summed E-state index contributed by atoms with van der Waals surface area (Å²) in [4.78, 5) is 4.50. The SMILES string of the molecule is CCOC(C)(C)c1nc(CCN)cs1.